The molecule has 0 bridgehead atoms. The van der Waals surface area contributed by atoms with E-state index in [1.54, 1.807) is 6.92 Å². The Morgan fingerprint density at radius 1 is 1.11 bits per heavy atom. The van der Waals surface area contributed by atoms with Crippen LogP contribution in [-0.4, -0.2) is 74.9 Å². The van der Waals surface area contributed by atoms with Crippen LogP contribution >= 0.6 is 0 Å². The fourth-order valence-corrected chi connectivity index (χ4v) is 3.89. The van der Waals surface area contributed by atoms with E-state index >= 15 is 0 Å². The van der Waals surface area contributed by atoms with Crippen LogP contribution in [0.15, 0.2) is 24.3 Å². The first-order valence-corrected chi connectivity index (χ1v) is 10.3. The van der Waals surface area contributed by atoms with Gasteiger partial charge in [0.2, 0.25) is 5.91 Å². The molecule has 2 fully saturated rings. The lowest BCUT2D eigenvalue weighted by atomic mass is 10.1. The molecule has 2 aliphatic rings. The number of rotatable bonds is 8. The highest BCUT2D eigenvalue weighted by Gasteiger charge is 2.23. The molecule has 2 N–H and O–H groups in total. The van der Waals surface area contributed by atoms with Crippen molar-refractivity contribution in [2.24, 2.45) is 0 Å². The molecule has 7 heteroatoms. The van der Waals surface area contributed by atoms with Crippen LogP contribution in [0.2, 0.25) is 0 Å². The van der Waals surface area contributed by atoms with E-state index in [0.717, 1.165) is 63.4 Å². The Kier molecular flexibility index (Phi) is 7.03. The number of Topliss-reactive ketones (excluding diaryl/α,β-unsaturated/α-hetero) is 1. The van der Waals surface area contributed by atoms with Gasteiger partial charge < -0.3 is 20.0 Å². The molecule has 7 nitrogen and oxygen atoms in total. The molecule has 0 aliphatic carbocycles. The van der Waals surface area contributed by atoms with Gasteiger partial charge >= 0.3 is 0 Å². The van der Waals surface area contributed by atoms with Gasteiger partial charge in [-0.15, -0.1) is 0 Å². The highest BCUT2D eigenvalue weighted by molar-refractivity contribution is 5.94. The summed E-state index contributed by atoms with van der Waals surface area (Å²) in [4.78, 5) is 40.6. The number of carbonyl (C=O) groups is 3. The van der Waals surface area contributed by atoms with Crippen LogP contribution in [-0.2, 0) is 9.59 Å². The number of amides is 2. The van der Waals surface area contributed by atoms with Crippen LogP contribution in [0.25, 0.3) is 0 Å². The van der Waals surface area contributed by atoms with Gasteiger partial charge in [-0.05, 0) is 44.0 Å². The molecular formula is C21H31N4O3+. The van der Waals surface area contributed by atoms with Crippen LogP contribution in [0, 0.1) is 0 Å². The topological polar surface area (TPSA) is 74.2 Å². The van der Waals surface area contributed by atoms with Gasteiger partial charge in [-0.1, -0.05) is 0 Å². The molecule has 28 heavy (non-hydrogen) atoms. The van der Waals surface area contributed by atoms with E-state index in [4.69, 9.17) is 0 Å². The van der Waals surface area contributed by atoms with Gasteiger partial charge in [0.15, 0.2) is 12.3 Å². The number of ketones is 1. The van der Waals surface area contributed by atoms with Crippen LogP contribution in [0.3, 0.4) is 0 Å². The first kappa shape index (κ1) is 20.3. The summed E-state index contributed by atoms with van der Waals surface area (Å²) < 4.78 is 0. The lowest BCUT2D eigenvalue weighted by Crippen LogP contribution is -3.15. The maximum Gasteiger partial charge on any atom is 0.275 e. The van der Waals surface area contributed by atoms with E-state index in [-0.39, 0.29) is 17.6 Å². The second-order valence-corrected chi connectivity index (χ2v) is 7.70. The second-order valence-electron chi connectivity index (χ2n) is 7.70. The molecule has 3 rings (SSSR count). The van der Waals surface area contributed by atoms with E-state index in [0.29, 0.717) is 19.5 Å². The molecular weight excluding hydrogens is 356 g/mol. The molecule has 0 spiro atoms. The number of likely N-dealkylation sites (tertiary alicyclic amines) is 1. The minimum atomic E-state index is 0.0823. The molecule has 1 aromatic rings. The molecule has 1 aromatic carbocycles. The monoisotopic (exact) mass is 387 g/mol. The summed E-state index contributed by atoms with van der Waals surface area (Å²) >= 11 is 0. The fraction of sp³-hybridized carbons (Fsp3) is 0.571. The van der Waals surface area contributed by atoms with Crippen molar-refractivity contribution in [3.8, 4) is 0 Å². The molecule has 0 aromatic heterocycles. The minimum Gasteiger partial charge on any atom is -0.360 e. The van der Waals surface area contributed by atoms with Gasteiger partial charge in [0.05, 0.1) is 26.2 Å². The second kappa shape index (κ2) is 9.68. The average molecular weight is 388 g/mol. The van der Waals surface area contributed by atoms with Crippen molar-refractivity contribution >= 4 is 23.3 Å². The van der Waals surface area contributed by atoms with Crippen molar-refractivity contribution in [3.05, 3.63) is 29.8 Å². The summed E-state index contributed by atoms with van der Waals surface area (Å²) in [5.41, 5.74) is 1.86. The third kappa shape index (κ3) is 5.55. The Morgan fingerprint density at radius 3 is 2.43 bits per heavy atom. The Labute approximate surface area is 166 Å². The molecule has 2 aliphatic heterocycles. The van der Waals surface area contributed by atoms with E-state index in [1.165, 1.54) is 4.90 Å². The standard InChI is InChI=1S/C21H30N4O3/c1-17(26)18-5-7-19(8-6-18)24-14-12-23(13-15-24)16-20(27)22-9-3-11-25-10-2-4-21(25)28/h5-8H,2-4,9-16H2,1H3,(H,22,27)/p+1. The zero-order valence-corrected chi connectivity index (χ0v) is 16.7. The number of carbonyl (C=O) groups excluding carboxylic acids is 3. The van der Waals surface area contributed by atoms with Crippen molar-refractivity contribution in [2.45, 2.75) is 26.2 Å². The van der Waals surface area contributed by atoms with E-state index < -0.39 is 0 Å². The number of anilines is 1. The zero-order chi connectivity index (χ0) is 19.9. The van der Waals surface area contributed by atoms with E-state index in [2.05, 4.69) is 10.2 Å². The van der Waals surface area contributed by atoms with Gasteiger partial charge in [0, 0.05) is 37.3 Å². The molecule has 0 radical (unpaired) electrons. The van der Waals surface area contributed by atoms with E-state index in [1.807, 2.05) is 29.2 Å². The van der Waals surface area contributed by atoms with Gasteiger partial charge in [0.25, 0.3) is 5.91 Å². The van der Waals surface area contributed by atoms with Gasteiger partial charge in [-0.2, -0.15) is 0 Å². The number of quaternary nitrogens is 1. The Morgan fingerprint density at radius 2 is 1.82 bits per heavy atom. The van der Waals surface area contributed by atoms with Crippen molar-refractivity contribution in [1.29, 1.82) is 0 Å². The van der Waals surface area contributed by atoms with Crippen molar-refractivity contribution in [2.75, 3.05) is 57.3 Å². The van der Waals surface area contributed by atoms with Gasteiger partial charge in [0.1, 0.15) is 0 Å². The van der Waals surface area contributed by atoms with Crippen LogP contribution in [0.4, 0.5) is 5.69 Å². The lowest BCUT2D eigenvalue weighted by Gasteiger charge is -2.33. The normalized spacial score (nSPS) is 17.8. The number of benzene rings is 1. The molecule has 0 atom stereocenters. The van der Waals surface area contributed by atoms with Crippen LogP contribution in [0.1, 0.15) is 36.5 Å². The van der Waals surface area contributed by atoms with E-state index in [9.17, 15) is 14.4 Å². The number of hydrogen-bond donors (Lipinski definition) is 2. The van der Waals surface area contributed by atoms with Crippen molar-refractivity contribution < 1.29 is 19.3 Å². The van der Waals surface area contributed by atoms with Crippen LogP contribution in [0.5, 0.6) is 0 Å². The molecule has 0 unspecified atom stereocenters. The Bertz CT molecular complexity index is 696. The number of hydrogen-bond acceptors (Lipinski definition) is 4. The average Bonchev–Trinajstić information content (AvgIpc) is 3.11. The number of piperazine rings is 1. The summed E-state index contributed by atoms with van der Waals surface area (Å²) in [7, 11) is 0. The van der Waals surface area contributed by atoms with Gasteiger partial charge in [-0.3, -0.25) is 14.4 Å². The SMILES string of the molecule is CC(=O)c1ccc(N2CC[NH+](CC(=O)NCCCN3CCCC3=O)CC2)cc1. The lowest BCUT2D eigenvalue weighted by molar-refractivity contribution is -0.892. The largest absolute Gasteiger partial charge is 0.360 e. The van der Waals surface area contributed by atoms with Crippen molar-refractivity contribution in [3.63, 3.8) is 0 Å². The highest BCUT2D eigenvalue weighted by Crippen LogP contribution is 2.15. The fourth-order valence-electron chi connectivity index (χ4n) is 3.89. The molecule has 0 saturated carbocycles. The third-order valence-corrected chi connectivity index (χ3v) is 5.62. The summed E-state index contributed by atoms with van der Waals surface area (Å²) in [6.07, 6.45) is 2.45. The van der Waals surface area contributed by atoms with Crippen molar-refractivity contribution in [1.82, 2.24) is 10.2 Å². The quantitative estimate of drug-likeness (QED) is 0.475. The first-order valence-electron chi connectivity index (χ1n) is 10.3. The Balaban J connectivity index is 1.32. The maximum absolute atomic E-state index is 12.2. The number of nitrogens with one attached hydrogen (secondary N) is 2. The summed E-state index contributed by atoms with van der Waals surface area (Å²) in [5, 5.41) is 2.99. The summed E-state index contributed by atoms with van der Waals surface area (Å²) in [5.74, 6) is 0.408. The van der Waals surface area contributed by atoms with Crippen LogP contribution < -0.4 is 15.1 Å². The third-order valence-electron chi connectivity index (χ3n) is 5.62. The highest BCUT2D eigenvalue weighted by atomic mass is 16.2. The summed E-state index contributed by atoms with van der Waals surface area (Å²) in [6, 6.07) is 7.75. The molecule has 2 heterocycles. The smallest absolute Gasteiger partial charge is 0.275 e. The maximum atomic E-state index is 12.2. The number of nitrogens with zero attached hydrogens (tertiary/aromatic N) is 2. The Hall–Kier alpha value is -2.41. The molecule has 2 amide bonds. The molecule has 152 valence electrons. The predicted molar refractivity (Wildman–Crippen MR) is 108 cm³/mol. The zero-order valence-electron chi connectivity index (χ0n) is 16.7. The minimum absolute atomic E-state index is 0.0823. The predicted octanol–water partition coefficient (Wildman–Crippen LogP) is -0.277. The summed E-state index contributed by atoms with van der Waals surface area (Å²) in [6.45, 7) is 7.96. The first-order chi connectivity index (χ1) is 13.5. The van der Waals surface area contributed by atoms with Gasteiger partial charge in [-0.25, -0.2) is 0 Å². The molecule has 2 saturated heterocycles.